The number of hydrogen-bond acceptors (Lipinski definition) is 3. The molecular weight excluding hydrogens is 426 g/mol. The quantitative estimate of drug-likeness (QED) is 0.428. The zero-order valence-electron chi connectivity index (χ0n) is 20.2. The number of rotatable bonds is 5. The van der Waals surface area contributed by atoms with Gasteiger partial charge in [-0.2, -0.15) is 5.10 Å². The van der Waals surface area contributed by atoms with E-state index in [0.29, 0.717) is 24.1 Å². The molecular formula is C27H29N5O2. The lowest BCUT2D eigenvalue weighted by Crippen LogP contribution is -2.38. The van der Waals surface area contributed by atoms with Gasteiger partial charge in [-0.15, -0.1) is 0 Å². The highest BCUT2D eigenvalue weighted by molar-refractivity contribution is 5.91. The molecule has 1 N–H and O–H groups in total. The summed E-state index contributed by atoms with van der Waals surface area (Å²) in [5, 5.41) is 6.49. The van der Waals surface area contributed by atoms with E-state index in [2.05, 4.69) is 50.0 Å². The van der Waals surface area contributed by atoms with Crippen molar-refractivity contribution in [3.05, 3.63) is 86.2 Å². The number of aromatic amines is 1. The van der Waals surface area contributed by atoms with E-state index < -0.39 is 0 Å². The molecule has 0 saturated carbocycles. The van der Waals surface area contributed by atoms with Crippen LogP contribution in [0.1, 0.15) is 30.5 Å². The van der Waals surface area contributed by atoms with E-state index in [1.165, 1.54) is 10.1 Å². The highest BCUT2D eigenvalue weighted by Gasteiger charge is 2.23. The molecule has 174 valence electrons. The molecule has 34 heavy (non-hydrogen) atoms. The van der Waals surface area contributed by atoms with Gasteiger partial charge < -0.3 is 4.98 Å². The van der Waals surface area contributed by atoms with E-state index in [4.69, 9.17) is 5.10 Å². The Morgan fingerprint density at radius 3 is 2.53 bits per heavy atom. The number of hydrogen-bond donors (Lipinski definition) is 1. The van der Waals surface area contributed by atoms with Crippen molar-refractivity contribution in [1.29, 1.82) is 0 Å². The molecule has 3 heterocycles. The summed E-state index contributed by atoms with van der Waals surface area (Å²) >= 11 is 0. The molecule has 0 saturated heterocycles. The van der Waals surface area contributed by atoms with Crippen LogP contribution in [-0.2, 0) is 20.1 Å². The standard InChI is InChI=1S/C27H29N5O2/c1-16(2)14-31-25-23(26(33)30(5)27(31)34)24(19-8-6-7-17(3)11-19)32(29-25)15-20-13-28-22-10-9-18(4)12-21(20)22/h6-13,16,28H,14-15H2,1-5H3. The Labute approximate surface area is 197 Å². The average molecular weight is 456 g/mol. The van der Waals surface area contributed by atoms with Gasteiger partial charge in [0.05, 0.1) is 12.2 Å². The average Bonchev–Trinajstić information content (AvgIpc) is 3.36. The van der Waals surface area contributed by atoms with Crippen molar-refractivity contribution in [3.63, 3.8) is 0 Å². The topological polar surface area (TPSA) is 77.6 Å². The van der Waals surface area contributed by atoms with E-state index >= 15 is 0 Å². The first-order chi connectivity index (χ1) is 16.2. The van der Waals surface area contributed by atoms with Crippen LogP contribution in [0.25, 0.3) is 33.2 Å². The molecule has 3 aromatic heterocycles. The molecule has 0 radical (unpaired) electrons. The normalized spacial score (nSPS) is 11.8. The van der Waals surface area contributed by atoms with E-state index in [0.717, 1.165) is 33.3 Å². The fourth-order valence-corrected chi connectivity index (χ4v) is 4.68. The minimum atomic E-state index is -0.339. The van der Waals surface area contributed by atoms with Crippen molar-refractivity contribution < 1.29 is 0 Å². The van der Waals surface area contributed by atoms with Crippen LogP contribution >= 0.6 is 0 Å². The van der Waals surface area contributed by atoms with Gasteiger partial charge >= 0.3 is 5.69 Å². The summed E-state index contributed by atoms with van der Waals surface area (Å²) in [6, 6.07) is 14.4. The summed E-state index contributed by atoms with van der Waals surface area (Å²) in [6.07, 6.45) is 2.00. The van der Waals surface area contributed by atoms with Crippen LogP contribution in [0, 0.1) is 19.8 Å². The van der Waals surface area contributed by atoms with Gasteiger partial charge in [0.1, 0.15) is 5.39 Å². The molecule has 0 spiro atoms. The third-order valence-corrected chi connectivity index (χ3v) is 6.31. The number of benzene rings is 2. The molecule has 5 rings (SSSR count). The fraction of sp³-hybridized carbons (Fsp3) is 0.296. The summed E-state index contributed by atoms with van der Waals surface area (Å²) in [5.41, 5.74) is 5.83. The Kier molecular flexibility index (Phi) is 5.27. The monoisotopic (exact) mass is 455 g/mol. The van der Waals surface area contributed by atoms with Crippen molar-refractivity contribution in [2.75, 3.05) is 0 Å². The summed E-state index contributed by atoms with van der Waals surface area (Å²) in [7, 11) is 1.54. The first-order valence-corrected chi connectivity index (χ1v) is 11.6. The lowest BCUT2D eigenvalue weighted by molar-refractivity contribution is 0.498. The van der Waals surface area contributed by atoms with Crippen LogP contribution in [0.15, 0.2) is 58.3 Å². The van der Waals surface area contributed by atoms with Gasteiger partial charge in [-0.3, -0.25) is 18.6 Å². The van der Waals surface area contributed by atoms with Crippen LogP contribution in [0.5, 0.6) is 0 Å². The number of aryl methyl sites for hydroxylation is 2. The van der Waals surface area contributed by atoms with Crippen molar-refractivity contribution in [2.45, 2.75) is 40.8 Å². The Bertz CT molecular complexity index is 1660. The molecule has 5 aromatic rings. The van der Waals surface area contributed by atoms with Crippen molar-refractivity contribution in [2.24, 2.45) is 13.0 Å². The zero-order valence-corrected chi connectivity index (χ0v) is 20.2. The molecule has 0 unspecified atom stereocenters. The minimum Gasteiger partial charge on any atom is -0.361 e. The predicted molar refractivity (Wildman–Crippen MR) is 136 cm³/mol. The maximum Gasteiger partial charge on any atom is 0.332 e. The summed E-state index contributed by atoms with van der Waals surface area (Å²) < 4.78 is 4.71. The van der Waals surface area contributed by atoms with Gasteiger partial charge in [-0.05, 0) is 43.5 Å². The van der Waals surface area contributed by atoms with E-state index in [1.54, 1.807) is 11.6 Å². The molecule has 0 amide bonds. The van der Waals surface area contributed by atoms with E-state index in [1.807, 2.05) is 36.0 Å². The predicted octanol–water partition coefficient (Wildman–Crippen LogP) is 4.37. The summed E-state index contributed by atoms with van der Waals surface area (Å²) in [5.74, 6) is 0.225. The Morgan fingerprint density at radius 1 is 1.03 bits per heavy atom. The third-order valence-electron chi connectivity index (χ3n) is 6.31. The lowest BCUT2D eigenvalue weighted by Gasteiger charge is -2.11. The Balaban J connectivity index is 1.84. The molecule has 0 atom stereocenters. The molecule has 7 nitrogen and oxygen atoms in total. The summed E-state index contributed by atoms with van der Waals surface area (Å²) in [6.45, 7) is 9.17. The van der Waals surface area contributed by atoms with Crippen LogP contribution in [0.2, 0.25) is 0 Å². The van der Waals surface area contributed by atoms with E-state index in [9.17, 15) is 9.59 Å². The second-order valence-corrected chi connectivity index (χ2v) is 9.59. The van der Waals surface area contributed by atoms with E-state index in [-0.39, 0.29) is 17.2 Å². The maximum atomic E-state index is 13.4. The first-order valence-electron chi connectivity index (χ1n) is 11.6. The van der Waals surface area contributed by atoms with Gasteiger partial charge in [0.2, 0.25) is 0 Å². The van der Waals surface area contributed by atoms with Gasteiger partial charge in [0, 0.05) is 36.3 Å². The Hall–Kier alpha value is -3.87. The second kappa shape index (κ2) is 8.17. The van der Waals surface area contributed by atoms with Gasteiger partial charge in [0.25, 0.3) is 5.56 Å². The first kappa shape index (κ1) is 21.9. The SMILES string of the molecule is Cc1cccc(-c2c3c(=O)n(C)c(=O)n(CC(C)C)c3nn2Cc2c[nH]c3ccc(C)cc23)c1. The highest BCUT2D eigenvalue weighted by Crippen LogP contribution is 2.29. The van der Waals surface area contributed by atoms with Gasteiger partial charge in [0.15, 0.2) is 5.65 Å². The molecule has 7 heteroatoms. The largest absolute Gasteiger partial charge is 0.361 e. The van der Waals surface area contributed by atoms with Crippen LogP contribution in [0.4, 0.5) is 0 Å². The van der Waals surface area contributed by atoms with Gasteiger partial charge in [-0.25, -0.2) is 4.79 Å². The maximum absolute atomic E-state index is 13.4. The molecule has 0 aliphatic heterocycles. The number of aromatic nitrogens is 5. The smallest absolute Gasteiger partial charge is 0.332 e. The molecule has 0 fully saturated rings. The Morgan fingerprint density at radius 2 is 1.79 bits per heavy atom. The zero-order chi connectivity index (χ0) is 24.1. The lowest BCUT2D eigenvalue weighted by atomic mass is 10.1. The highest BCUT2D eigenvalue weighted by atomic mass is 16.2. The molecule has 0 aliphatic rings. The number of nitrogens with zero attached hydrogens (tertiary/aromatic N) is 4. The number of nitrogens with one attached hydrogen (secondary N) is 1. The van der Waals surface area contributed by atoms with Crippen molar-refractivity contribution >= 4 is 21.9 Å². The van der Waals surface area contributed by atoms with Gasteiger partial charge in [-0.1, -0.05) is 49.2 Å². The summed E-state index contributed by atoms with van der Waals surface area (Å²) in [4.78, 5) is 29.8. The second-order valence-electron chi connectivity index (χ2n) is 9.59. The van der Waals surface area contributed by atoms with Crippen molar-refractivity contribution in [1.82, 2.24) is 23.9 Å². The molecule has 0 bridgehead atoms. The molecule has 2 aromatic carbocycles. The third kappa shape index (κ3) is 3.57. The number of H-pyrrole nitrogens is 1. The number of fused-ring (bicyclic) bond motifs is 2. The van der Waals surface area contributed by atoms with Crippen LogP contribution in [0.3, 0.4) is 0 Å². The minimum absolute atomic E-state index is 0.225. The fourth-order valence-electron chi connectivity index (χ4n) is 4.68. The van der Waals surface area contributed by atoms with Crippen LogP contribution < -0.4 is 11.2 Å². The molecule has 0 aliphatic carbocycles. The van der Waals surface area contributed by atoms with Crippen molar-refractivity contribution in [3.8, 4) is 11.3 Å². The van der Waals surface area contributed by atoms with Crippen LogP contribution in [-0.4, -0.2) is 23.9 Å².